The average molecular weight is 198 g/mol. The van der Waals surface area contributed by atoms with Crippen LogP contribution in [0.1, 0.15) is 22.8 Å². The van der Waals surface area contributed by atoms with Gasteiger partial charge < -0.3 is 4.74 Å². The molecular formula is C10H10ClO2. The number of hydrogen-bond acceptors (Lipinski definition) is 2. The van der Waals surface area contributed by atoms with Crippen molar-refractivity contribution in [1.82, 2.24) is 0 Å². The number of rotatable bonds is 2. The molecule has 3 heteroatoms. The molecule has 0 amide bonds. The number of esters is 1. The summed E-state index contributed by atoms with van der Waals surface area (Å²) in [5, 5.41) is 0.477. The largest absolute Gasteiger partial charge is 0.462 e. The lowest BCUT2D eigenvalue weighted by atomic mass is 10.1. The molecule has 0 aliphatic heterocycles. The number of ether oxygens (including phenoxy) is 1. The van der Waals surface area contributed by atoms with Gasteiger partial charge in [0.05, 0.1) is 12.2 Å². The van der Waals surface area contributed by atoms with Crippen LogP contribution in [0, 0.1) is 6.92 Å². The maximum Gasteiger partial charge on any atom is 0.338 e. The van der Waals surface area contributed by atoms with E-state index in [4.69, 9.17) is 16.3 Å². The van der Waals surface area contributed by atoms with Crippen LogP contribution in [0.3, 0.4) is 0 Å². The Bertz CT molecular complexity index is 321. The van der Waals surface area contributed by atoms with Crippen molar-refractivity contribution in [2.24, 2.45) is 0 Å². The molecule has 1 aromatic rings. The first-order valence-electron chi connectivity index (χ1n) is 3.94. The summed E-state index contributed by atoms with van der Waals surface area (Å²) in [6.07, 6.45) is 0. The Morgan fingerprint density at radius 2 is 2.31 bits per heavy atom. The molecule has 0 N–H and O–H groups in total. The zero-order chi connectivity index (χ0) is 9.84. The zero-order valence-electron chi connectivity index (χ0n) is 7.34. The number of carbonyl (C=O) groups is 1. The van der Waals surface area contributed by atoms with Crippen molar-refractivity contribution >= 4 is 17.6 Å². The van der Waals surface area contributed by atoms with E-state index in [2.05, 4.69) is 6.92 Å². The molecule has 0 atom stereocenters. The minimum Gasteiger partial charge on any atom is -0.462 e. The highest BCUT2D eigenvalue weighted by atomic mass is 35.5. The summed E-state index contributed by atoms with van der Waals surface area (Å²) in [4.78, 5) is 11.3. The quantitative estimate of drug-likeness (QED) is 0.682. The van der Waals surface area contributed by atoms with Crippen molar-refractivity contribution in [2.45, 2.75) is 6.92 Å². The second-order valence-electron chi connectivity index (χ2n) is 2.49. The fourth-order valence-electron chi connectivity index (χ4n) is 0.959. The lowest BCUT2D eigenvalue weighted by Crippen LogP contribution is -2.06. The highest BCUT2D eigenvalue weighted by molar-refractivity contribution is 6.32. The van der Waals surface area contributed by atoms with Gasteiger partial charge in [0, 0.05) is 5.02 Å². The van der Waals surface area contributed by atoms with Gasteiger partial charge in [-0.05, 0) is 31.5 Å². The van der Waals surface area contributed by atoms with Gasteiger partial charge in [-0.2, -0.15) is 0 Å². The molecule has 0 aliphatic carbocycles. The first-order valence-corrected chi connectivity index (χ1v) is 4.32. The lowest BCUT2D eigenvalue weighted by molar-refractivity contribution is 0.0526. The second kappa shape index (κ2) is 4.28. The van der Waals surface area contributed by atoms with Crippen molar-refractivity contribution in [1.29, 1.82) is 0 Å². The van der Waals surface area contributed by atoms with Crippen LogP contribution in [-0.4, -0.2) is 12.6 Å². The maximum absolute atomic E-state index is 11.3. The smallest absolute Gasteiger partial charge is 0.338 e. The molecule has 0 aliphatic rings. The number of hydrogen-bond donors (Lipinski definition) is 0. The fourth-order valence-corrected chi connectivity index (χ4v) is 1.13. The molecule has 0 fully saturated rings. The van der Waals surface area contributed by atoms with Crippen LogP contribution >= 0.6 is 11.6 Å². The van der Waals surface area contributed by atoms with Gasteiger partial charge in [-0.25, -0.2) is 4.79 Å². The van der Waals surface area contributed by atoms with Gasteiger partial charge in [0.1, 0.15) is 0 Å². The van der Waals surface area contributed by atoms with Crippen LogP contribution in [0.4, 0.5) is 0 Å². The van der Waals surface area contributed by atoms with E-state index < -0.39 is 0 Å². The van der Waals surface area contributed by atoms with Crippen molar-refractivity contribution in [2.75, 3.05) is 6.61 Å². The van der Waals surface area contributed by atoms with Crippen LogP contribution in [-0.2, 0) is 4.74 Å². The standard InChI is InChI=1S/C10H10ClO2/c1-3-13-10(12)8-5-4-6-9(11)7(8)2/h4-6H,2-3H2,1H3. The van der Waals surface area contributed by atoms with Gasteiger partial charge in [0.2, 0.25) is 0 Å². The molecule has 0 aromatic heterocycles. The van der Waals surface area contributed by atoms with Crippen molar-refractivity contribution < 1.29 is 9.53 Å². The Kier molecular flexibility index (Phi) is 3.32. The van der Waals surface area contributed by atoms with Crippen LogP contribution in [0.15, 0.2) is 18.2 Å². The van der Waals surface area contributed by atoms with Crippen molar-refractivity contribution in [3.8, 4) is 0 Å². The molecule has 0 spiro atoms. The Labute approximate surface area is 82.5 Å². The zero-order valence-corrected chi connectivity index (χ0v) is 8.10. The van der Waals surface area contributed by atoms with E-state index in [-0.39, 0.29) is 5.97 Å². The summed E-state index contributed by atoms with van der Waals surface area (Å²) < 4.78 is 4.83. The van der Waals surface area contributed by atoms with Gasteiger partial charge in [0.25, 0.3) is 0 Å². The Morgan fingerprint density at radius 3 is 2.92 bits per heavy atom. The minimum absolute atomic E-state index is 0.352. The van der Waals surface area contributed by atoms with Crippen molar-refractivity contribution in [3.63, 3.8) is 0 Å². The number of halogens is 1. The van der Waals surface area contributed by atoms with E-state index in [1.807, 2.05) is 0 Å². The summed E-state index contributed by atoms with van der Waals surface area (Å²) in [5.41, 5.74) is 0.942. The Balaban J connectivity index is 3.01. The highest BCUT2D eigenvalue weighted by Gasteiger charge is 2.10. The summed E-state index contributed by atoms with van der Waals surface area (Å²) in [5.74, 6) is -0.380. The topological polar surface area (TPSA) is 26.3 Å². The third kappa shape index (κ3) is 2.22. The molecule has 1 radical (unpaired) electrons. The van der Waals surface area contributed by atoms with E-state index in [1.165, 1.54) is 0 Å². The molecule has 0 heterocycles. The van der Waals surface area contributed by atoms with Gasteiger partial charge in [-0.1, -0.05) is 17.7 Å². The summed E-state index contributed by atoms with van der Waals surface area (Å²) in [7, 11) is 0. The molecule has 13 heavy (non-hydrogen) atoms. The van der Waals surface area contributed by atoms with Crippen LogP contribution in [0.2, 0.25) is 5.02 Å². The van der Waals surface area contributed by atoms with E-state index in [1.54, 1.807) is 25.1 Å². The number of carbonyl (C=O) groups excluding carboxylic acids is 1. The van der Waals surface area contributed by atoms with Gasteiger partial charge in [0.15, 0.2) is 0 Å². The Morgan fingerprint density at radius 1 is 1.62 bits per heavy atom. The van der Waals surface area contributed by atoms with Crippen LogP contribution < -0.4 is 0 Å². The molecule has 1 aromatic carbocycles. The molecule has 0 bridgehead atoms. The second-order valence-corrected chi connectivity index (χ2v) is 2.89. The normalized spacial score (nSPS) is 9.77. The summed E-state index contributed by atoms with van der Waals surface area (Å²) >= 11 is 5.79. The first-order chi connectivity index (χ1) is 6.16. The highest BCUT2D eigenvalue weighted by Crippen LogP contribution is 2.19. The molecular weight excluding hydrogens is 188 g/mol. The van der Waals surface area contributed by atoms with E-state index >= 15 is 0 Å². The SMILES string of the molecule is [CH2]c1c(Cl)cccc1C(=O)OCC. The summed E-state index contributed by atoms with van der Waals surface area (Å²) in [6.45, 7) is 5.80. The van der Waals surface area contributed by atoms with Gasteiger partial charge >= 0.3 is 5.97 Å². The average Bonchev–Trinajstić information content (AvgIpc) is 2.10. The number of benzene rings is 1. The van der Waals surface area contributed by atoms with Gasteiger partial charge in [-0.15, -0.1) is 0 Å². The first kappa shape index (κ1) is 10.1. The summed E-state index contributed by atoms with van der Waals surface area (Å²) in [6, 6.07) is 5.03. The predicted molar refractivity (Wildman–Crippen MR) is 51.9 cm³/mol. The molecule has 0 saturated heterocycles. The van der Waals surface area contributed by atoms with E-state index in [9.17, 15) is 4.79 Å². The third-order valence-electron chi connectivity index (χ3n) is 1.61. The minimum atomic E-state index is -0.380. The molecule has 69 valence electrons. The fraction of sp³-hybridized carbons (Fsp3) is 0.200. The molecule has 2 nitrogen and oxygen atoms in total. The molecule has 1 rings (SSSR count). The van der Waals surface area contributed by atoms with Crippen LogP contribution in [0.25, 0.3) is 0 Å². The molecule has 0 saturated carbocycles. The maximum atomic E-state index is 11.3. The van der Waals surface area contributed by atoms with Crippen molar-refractivity contribution in [3.05, 3.63) is 41.3 Å². The van der Waals surface area contributed by atoms with Gasteiger partial charge in [-0.3, -0.25) is 0 Å². The van der Waals surface area contributed by atoms with E-state index in [0.717, 1.165) is 0 Å². The van der Waals surface area contributed by atoms with E-state index in [0.29, 0.717) is 22.8 Å². The predicted octanol–water partition coefficient (Wildman–Crippen LogP) is 2.70. The van der Waals surface area contributed by atoms with Crippen LogP contribution in [0.5, 0.6) is 0 Å². The molecule has 0 unspecified atom stereocenters. The monoisotopic (exact) mass is 197 g/mol. The lowest BCUT2D eigenvalue weighted by Gasteiger charge is -2.05. The third-order valence-corrected chi connectivity index (χ3v) is 1.97. The Hall–Kier alpha value is -1.02.